The normalized spacial score (nSPS) is 19.1. The maximum Gasteiger partial charge on any atom is 0.337 e. The second-order valence-electron chi connectivity index (χ2n) is 9.78. The molecule has 0 aliphatic carbocycles. The number of piperazine rings is 1. The zero-order valence-electron chi connectivity index (χ0n) is 20.7. The number of H-pyrrole nitrogens is 1. The molecule has 37 heavy (non-hydrogen) atoms. The van der Waals surface area contributed by atoms with E-state index in [2.05, 4.69) is 11.1 Å². The van der Waals surface area contributed by atoms with E-state index < -0.39 is 18.1 Å². The molecule has 2 aliphatic heterocycles. The summed E-state index contributed by atoms with van der Waals surface area (Å²) < 4.78 is 4.84. The maximum absolute atomic E-state index is 13.9. The minimum Gasteiger partial charge on any atom is -0.465 e. The van der Waals surface area contributed by atoms with Crippen molar-refractivity contribution in [2.45, 2.75) is 32.0 Å². The van der Waals surface area contributed by atoms with Crippen LogP contribution in [-0.2, 0) is 27.3 Å². The summed E-state index contributed by atoms with van der Waals surface area (Å²) in [6.45, 7) is 2.44. The molecule has 2 amide bonds. The van der Waals surface area contributed by atoms with Gasteiger partial charge in [0.2, 0.25) is 11.8 Å². The maximum atomic E-state index is 13.9. The van der Waals surface area contributed by atoms with Crippen molar-refractivity contribution in [1.82, 2.24) is 14.8 Å². The van der Waals surface area contributed by atoms with Crippen LogP contribution in [-0.4, -0.2) is 52.3 Å². The highest BCUT2D eigenvalue weighted by Crippen LogP contribution is 2.42. The van der Waals surface area contributed by atoms with Gasteiger partial charge in [-0.15, -0.1) is 0 Å². The van der Waals surface area contributed by atoms with Crippen molar-refractivity contribution in [2.75, 3.05) is 13.7 Å². The number of aromatic nitrogens is 1. The number of carbonyl (C=O) groups is 3. The second kappa shape index (κ2) is 8.92. The Kier molecular flexibility index (Phi) is 5.56. The van der Waals surface area contributed by atoms with Crippen LogP contribution in [0.25, 0.3) is 10.9 Å². The van der Waals surface area contributed by atoms with E-state index in [0.29, 0.717) is 18.5 Å². The number of rotatable bonds is 4. The van der Waals surface area contributed by atoms with E-state index in [1.807, 2.05) is 61.5 Å². The Morgan fingerprint density at radius 2 is 1.73 bits per heavy atom. The van der Waals surface area contributed by atoms with E-state index in [-0.39, 0.29) is 18.4 Å². The van der Waals surface area contributed by atoms with Crippen molar-refractivity contribution >= 4 is 28.7 Å². The summed E-state index contributed by atoms with van der Waals surface area (Å²) in [6.07, 6.45) is 0.449. The third-order valence-corrected chi connectivity index (χ3v) is 7.48. The number of hydrogen-bond acceptors (Lipinski definition) is 4. The lowest BCUT2D eigenvalue weighted by Gasteiger charge is -2.47. The molecule has 6 rings (SSSR count). The highest BCUT2D eigenvalue weighted by Gasteiger charge is 2.48. The van der Waals surface area contributed by atoms with Crippen molar-refractivity contribution < 1.29 is 19.1 Å². The van der Waals surface area contributed by atoms with Crippen molar-refractivity contribution in [1.29, 1.82) is 0 Å². The predicted molar refractivity (Wildman–Crippen MR) is 139 cm³/mol. The number of hydrogen-bond donors (Lipinski definition) is 1. The number of methoxy groups -OCH3 is 1. The van der Waals surface area contributed by atoms with E-state index in [1.54, 1.807) is 21.9 Å². The van der Waals surface area contributed by atoms with Crippen LogP contribution in [0.3, 0.4) is 0 Å². The minimum absolute atomic E-state index is 0.0233. The van der Waals surface area contributed by atoms with E-state index in [4.69, 9.17) is 4.74 Å². The first kappa shape index (κ1) is 23.0. The Morgan fingerprint density at radius 3 is 2.46 bits per heavy atom. The van der Waals surface area contributed by atoms with Crippen LogP contribution in [0, 0.1) is 6.92 Å². The van der Waals surface area contributed by atoms with Crippen LogP contribution in [0.1, 0.15) is 44.3 Å². The first-order chi connectivity index (χ1) is 17.9. The average molecular weight is 494 g/mol. The number of amides is 2. The van der Waals surface area contributed by atoms with Gasteiger partial charge in [0.05, 0.1) is 18.7 Å². The SMILES string of the molecule is COC(=O)c1ccc(C2c3[nH]c4ccccc4c3C[C@@H]3C(=O)N(Cc4ccc(C)cc4)CC(=O)N23)cc1. The number of aryl methyl sites for hydroxylation is 1. The highest BCUT2D eigenvalue weighted by molar-refractivity contribution is 5.97. The summed E-state index contributed by atoms with van der Waals surface area (Å²) >= 11 is 0. The molecule has 7 nitrogen and oxygen atoms in total. The van der Waals surface area contributed by atoms with Crippen LogP contribution in [0.2, 0.25) is 0 Å². The highest BCUT2D eigenvalue weighted by atomic mass is 16.5. The molecule has 1 fully saturated rings. The van der Waals surface area contributed by atoms with Crippen molar-refractivity contribution in [3.8, 4) is 0 Å². The fourth-order valence-corrected chi connectivity index (χ4v) is 5.64. The third-order valence-electron chi connectivity index (χ3n) is 7.48. The fraction of sp³-hybridized carbons (Fsp3) is 0.233. The largest absolute Gasteiger partial charge is 0.465 e. The molecule has 0 radical (unpaired) electrons. The summed E-state index contributed by atoms with van der Waals surface area (Å²) in [6, 6.07) is 22.1. The predicted octanol–water partition coefficient (Wildman–Crippen LogP) is 4.15. The minimum atomic E-state index is -0.608. The molecule has 1 aromatic heterocycles. The summed E-state index contributed by atoms with van der Waals surface area (Å²) in [5.41, 5.74) is 6.35. The molecule has 1 saturated heterocycles. The first-order valence-electron chi connectivity index (χ1n) is 12.4. The number of fused-ring (bicyclic) bond motifs is 4. The fourth-order valence-electron chi connectivity index (χ4n) is 5.64. The van der Waals surface area contributed by atoms with Gasteiger partial charge in [0, 0.05) is 29.6 Å². The van der Waals surface area contributed by atoms with Gasteiger partial charge < -0.3 is 19.5 Å². The molecule has 7 heteroatoms. The Morgan fingerprint density at radius 1 is 1.00 bits per heavy atom. The van der Waals surface area contributed by atoms with Crippen LogP contribution in [0.15, 0.2) is 72.8 Å². The standard InChI is InChI=1S/C30H27N3O4/c1-18-7-9-19(10-8-18)16-32-17-26(34)33-25(29(32)35)15-23-22-5-3-4-6-24(22)31-27(23)28(33)20-11-13-21(14-12-20)30(36)37-2/h3-14,25,28,31H,15-17H2,1-2H3/t25-,28?/m1/s1. The molecule has 1 unspecified atom stereocenters. The lowest BCUT2D eigenvalue weighted by Crippen LogP contribution is -2.62. The van der Waals surface area contributed by atoms with Crippen LogP contribution >= 0.6 is 0 Å². The van der Waals surface area contributed by atoms with Gasteiger partial charge in [0.25, 0.3) is 0 Å². The molecular formula is C30H27N3O4. The van der Waals surface area contributed by atoms with Gasteiger partial charge >= 0.3 is 5.97 Å². The third kappa shape index (κ3) is 3.87. The lowest BCUT2D eigenvalue weighted by atomic mass is 9.86. The zero-order valence-corrected chi connectivity index (χ0v) is 20.7. The van der Waals surface area contributed by atoms with Crippen LogP contribution < -0.4 is 0 Å². The van der Waals surface area contributed by atoms with Gasteiger partial charge in [0.15, 0.2) is 0 Å². The van der Waals surface area contributed by atoms with Crippen molar-refractivity contribution in [3.05, 3.63) is 106 Å². The van der Waals surface area contributed by atoms with Gasteiger partial charge in [-0.1, -0.05) is 60.2 Å². The molecule has 0 bridgehead atoms. The molecule has 4 aromatic rings. The molecule has 2 atom stereocenters. The van der Waals surface area contributed by atoms with Gasteiger partial charge in [-0.2, -0.15) is 0 Å². The van der Waals surface area contributed by atoms with Gasteiger partial charge in [-0.05, 0) is 41.8 Å². The van der Waals surface area contributed by atoms with E-state index >= 15 is 0 Å². The topological polar surface area (TPSA) is 82.7 Å². The Hall–Kier alpha value is -4.39. The Labute approximate surface area is 214 Å². The number of carbonyl (C=O) groups excluding carboxylic acids is 3. The molecular weight excluding hydrogens is 466 g/mol. The van der Waals surface area contributed by atoms with E-state index in [0.717, 1.165) is 38.9 Å². The summed E-state index contributed by atoms with van der Waals surface area (Å²) in [5.74, 6) is -0.564. The van der Waals surface area contributed by atoms with Crippen LogP contribution in [0.5, 0.6) is 0 Å². The molecule has 0 spiro atoms. The number of ether oxygens (including phenoxy) is 1. The quantitative estimate of drug-likeness (QED) is 0.433. The molecule has 1 N–H and O–H groups in total. The second-order valence-corrected chi connectivity index (χ2v) is 9.78. The molecule has 186 valence electrons. The lowest BCUT2D eigenvalue weighted by molar-refractivity contribution is -0.159. The smallest absolute Gasteiger partial charge is 0.337 e. The van der Waals surface area contributed by atoms with Crippen molar-refractivity contribution in [3.63, 3.8) is 0 Å². The Bertz CT molecular complexity index is 1520. The number of nitrogens with zero attached hydrogens (tertiary/aromatic N) is 2. The number of nitrogens with one attached hydrogen (secondary N) is 1. The van der Waals surface area contributed by atoms with Gasteiger partial charge in [-0.25, -0.2) is 4.79 Å². The number of benzene rings is 3. The number of esters is 1. The number of para-hydroxylation sites is 1. The molecule has 3 aromatic carbocycles. The molecule has 2 aliphatic rings. The summed E-state index contributed by atoms with van der Waals surface area (Å²) in [7, 11) is 1.35. The van der Waals surface area contributed by atoms with Gasteiger partial charge in [-0.3, -0.25) is 9.59 Å². The molecule has 0 saturated carbocycles. The zero-order chi connectivity index (χ0) is 25.7. The van der Waals surface area contributed by atoms with E-state index in [1.165, 1.54) is 7.11 Å². The summed E-state index contributed by atoms with van der Waals surface area (Å²) in [4.78, 5) is 46.5. The van der Waals surface area contributed by atoms with Crippen molar-refractivity contribution in [2.24, 2.45) is 0 Å². The Balaban J connectivity index is 1.42. The average Bonchev–Trinajstić information content (AvgIpc) is 3.29. The summed E-state index contributed by atoms with van der Waals surface area (Å²) in [5, 5.41) is 1.06. The number of aromatic amines is 1. The van der Waals surface area contributed by atoms with E-state index in [9.17, 15) is 14.4 Å². The monoisotopic (exact) mass is 493 g/mol. The van der Waals surface area contributed by atoms with Gasteiger partial charge in [0.1, 0.15) is 12.6 Å². The first-order valence-corrected chi connectivity index (χ1v) is 12.4. The van der Waals surface area contributed by atoms with Crippen LogP contribution in [0.4, 0.5) is 0 Å². The molecule has 3 heterocycles.